The van der Waals surface area contributed by atoms with Crippen molar-refractivity contribution in [3.63, 3.8) is 0 Å². The molecule has 0 aliphatic carbocycles. The van der Waals surface area contributed by atoms with Crippen molar-refractivity contribution in [2.45, 2.75) is 32.1 Å². The highest BCUT2D eigenvalue weighted by molar-refractivity contribution is 7.89. The van der Waals surface area contributed by atoms with Gasteiger partial charge in [-0.25, -0.2) is 8.42 Å². The smallest absolute Gasteiger partial charge is 0.222 e. The predicted octanol–water partition coefficient (Wildman–Crippen LogP) is 1.18. The van der Waals surface area contributed by atoms with Crippen molar-refractivity contribution >= 4 is 15.9 Å². The van der Waals surface area contributed by atoms with Gasteiger partial charge in [-0.2, -0.15) is 4.31 Å². The number of nitrogens with zero attached hydrogens (tertiary/aromatic N) is 3. The van der Waals surface area contributed by atoms with E-state index in [2.05, 4.69) is 10.2 Å². The normalized spacial score (nSPS) is 18.0. The lowest BCUT2D eigenvalue weighted by Crippen LogP contribution is -2.48. The van der Waals surface area contributed by atoms with E-state index in [4.69, 9.17) is 4.74 Å². The van der Waals surface area contributed by atoms with E-state index < -0.39 is 10.0 Å². The summed E-state index contributed by atoms with van der Waals surface area (Å²) in [6.07, 6.45) is 4.38. The lowest BCUT2D eigenvalue weighted by atomic mass is 10.1. The quantitative estimate of drug-likeness (QED) is 0.498. The summed E-state index contributed by atoms with van der Waals surface area (Å²) in [5.41, 5.74) is 1.07. The number of likely N-dealkylation sites (tertiary alicyclic amines) is 1. The monoisotopic (exact) mass is 466 g/mol. The maximum Gasteiger partial charge on any atom is 0.222 e. The van der Waals surface area contributed by atoms with Crippen LogP contribution in [0.1, 0.15) is 31.2 Å². The van der Waals surface area contributed by atoms with Gasteiger partial charge in [0.25, 0.3) is 0 Å². The third-order valence-corrected chi connectivity index (χ3v) is 8.18. The molecule has 0 unspecified atom stereocenters. The van der Waals surface area contributed by atoms with Gasteiger partial charge in [0.1, 0.15) is 5.75 Å². The van der Waals surface area contributed by atoms with Crippen molar-refractivity contribution in [2.75, 3.05) is 71.8 Å². The summed E-state index contributed by atoms with van der Waals surface area (Å²) in [6, 6.07) is 7.73. The number of rotatable bonds is 12. The Morgan fingerprint density at radius 1 is 1.06 bits per heavy atom. The van der Waals surface area contributed by atoms with Crippen LogP contribution in [0.4, 0.5) is 0 Å². The molecule has 0 atom stereocenters. The Balaban J connectivity index is 1.54. The Hall–Kier alpha value is -1.68. The molecular formula is C23H38N4O4S. The second-order valence-corrected chi connectivity index (χ2v) is 10.7. The number of carbonyl (C=O) groups excluding carboxylic acids is 1. The van der Waals surface area contributed by atoms with Gasteiger partial charge in [-0.1, -0.05) is 12.1 Å². The molecule has 0 bridgehead atoms. The van der Waals surface area contributed by atoms with E-state index in [0.717, 1.165) is 37.4 Å². The van der Waals surface area contributed by atoms with E-state index in [1.54, 1.807) is 16.3 Å². The fraction of sp³-hybridized carbons (Fsp3) is 0.696. The van der Waals surface area contributed by atoms with Crippen LogP contribution in [-0.4, -0.2) is 100 Å². The number of amides is 1. The van der Waals surface area contributed by atoms with E-state index in [1.807, 2.05) is 24.3 Å². The SMILES string of the molecule is COc1ccc(CCC(=O)N(CCCN2CCCC2)CCS(=O)(=O)N2CCNCC2)cc1. The number of ether oxygens (including phenoxy) is 1. The van der Waals surface area contributed by atoms with Gasteiger partial charge in [-0.3, -0.25) is 4.79 Å². The summed E-state index contributed by atoms with van der Waals surface area (Å²) in [5, 5.41) is 3.18. The molecule has 2 fully saturated rings. The number of sulfonamides is 1. The topological polar surface area (TPSA) is 82.2 Å². The van der Waals surface area contributed by atoms with Crippen molar-refractivity contribution in [2.24, 2.45) is 0 Å². The molecule has 2 aliphatic rings. The summed E-state index contributed by atoms with van der Waals surface area (Å²) < 4.78 is 32.3. The zero-order valence-electron chi connectivity index (χ0n) is 19.3. The van der Waals surface area contributed by atoms with Gasteiger partial charge in [0.2, 0.25) is 15.9 Å². The molecule has 1 N–H and O–H groups in total. The predicted molar refractivity (Wildman–Crippen MR) is 126 cm³/mol. The molecule has 3 rings (SSSR count). The number of hydrogen-bond donors (Lipinski definition) is 1. The van der Waals surface area contributed by atoms with Crippen LogP contribution in [0.5, 0.6) is 5.75 Å². The Bertz CT molecular complexity index is 804. The summed E-state index contributed by atoms with van der Waals surface area (Å²) >= 11 is 0. The molecule has 2 saturated heterocycles. The van der Waals surface area contributed by atoms with Crippen LogP contribution in [0.15, 0.2) is 24.3 Å². The van der Waals surface area contributed by atoms with Gasteiger partial charge in [0, 0.05) is 45.7 Å². The molecule has 1 amide bonds. The van der Waals surface area contributed by atoms with Crippen LogP contribution in [0, 0.1) is 0 Å². The molecule has 180 valence electrons. The van der Waals surface area contributed by atoms with Crippen LogP contribution in [0.2, 0.25) is 0 Å². The second-order valence-electron chi connectivity index (χ2n) is 8.60. The molecule has 1 aromatic rings. The molecule has 0 aromatic heterocycles. The molecule has 8 nitrogen and oxygen atoms in total. The van der Waals surface area contributed by atoms with Crippen LogP contribution < -0.4 is 10.1 Å². The third-order valence-electron chi connectivity index (χ3n) is 6.33. The van der Waals surface area contributed by atoms with Gasteiger partial charge >= 0.3 is 0 Å². The van der Waals surface area contributed by atoms with E-state index in [9.17, 15) is 13.2 Å². The number of benzene rings is 1. The second kappa shape index (κ2) is 12.5. The van der Waals surface area contributed by atoms with Crippen molar-refractivity contribution in [3.8, 4) is 5.75 Å². The average molecular weight is 467 g/mol. The molecule has 2 heterocycles. The maximum absolute atomic E-state index is 13.0. The number of carbonyl (C=O) groups is 1. The van der Waals surface area contributed by atoms with Crippen molar-refractivity contribution in [1.29, 1.82) is 0 Å². The Morgan fingerprint density at radius 2 is 1.75 bits per heavy atom. The van der Waals surface area contributed by atoms with E-state index >= 15 is 0 Å². The Labute approximate surface area is 192 Å². The molecule has 0 radical (unpaired) electrons. The van der Waals surface area contributed by atoms with E-state index in [1.165, 1.54) is 12.8 Å². The average Bonchev–Trinajstić information content (AvgIpc) is 3.34. The standard InChI is InChI=1S/C23H38N4O4S/c1-31-22-8-5-21(6-9-22)7-10-23(28)26(16-4-15-25-13-2-3-14-25)19-20-32(29,30)27-17-11-24-12-18-27/h5-6,8-9,24H,2-4,7,10-20H2,1H3. The van der Waals surface area contributed by atoms with Crippen molar-refractivity contribution < 1.29 is 17.9 Å². The minimum absolute atomic E-state index is 0.00894. The number of methoxy groups -OCH3 is 1. The first-order valence-electron chi connectivity index (χ1n) is 11.8. The Kier molecular flexibility index (Phi) is 9.77. The highest BCUT2D eigenvalue weighted by Gasteiger charge is 2.25. The van der Waals surface area contributed by atoms with E-state index in [-0.39, 0.29) is 18.2 Å². The van der Waals surface area contributed by atoms with Gasteiger partial charge in [-0.15, -0.1) is 0 Å². The first-order valence-corrected chi connectivity index (χ1v) is 13.4. The molecule has 1 aromatic carbocycles. The minimum atomic E-state index is -3.35. The molecule has 0 spiro atoms. The number of aryl methyl sites for hydroxylation is 1. The van der Waals surface area contributed by atoms with Crippen LogP contribution in [0.3, 0.4) is 0 Å². The number of piperazine rings is 1. The third kappa shape index (κ3) is 7.72. The summed E-state index contributed by atoms with van der Waals surface area (Å²) in [5.74, 6) is 0.810. The fourth-order valence-corrected chi connectivity index (χ4v) is 5.78. The summed E-state index contributed by atoms with van der Waals surface area (Å²) in [4.78, 5) is 17.2. The molecule has 2 aliphatic heterocycles. The Morgan fingerprint density at radius 3 is 2.41 bits per heavy atom. The lowest BCUT2D eigenvalue weighted by Gasteiger charge is -2.29. The molecular weight excluding hydrogens is 428 g/mol. The van der Waals surface area contributed by atoms with Crippen LogP contribution in [-0.2, 0) is 21.2 Å². The summed E-state index contributed by atoms with van der Waals surface area (Å²) in [6.45, 7) is 6.45. The molecule has 32 heavy (non-hydrogen) atoms. The largest absolute Gasteiger partial charge is 0.497 e. The maximum atomic E-state index is 13.0. The summed E-state index contributed by atoms with van der Waals surface area (Å²) in [7, 11) is -1.72. The first kappa shape index (κ1) is 25.0. The van der Waals surface area contributed by atoms with E-state index in [0.29, 0.717) is 45.6 Å². The van der Waals surface area contributed by atoms with Crippen molar-refractivity contribution in [1.82, 2.24) is 19.4 Å². The number of nitrogens with one attached hydrogen (secondary N) is 1. The lowest BCUT2D eigenvalue weighted by molar-refractivity contribution is -0.131. The minimum Gasteiger partial charge on any atom is -0.497 e. The van der Waals surface area contributed by atoms with Crippen LogP contribution in [0.25, 0.3) is 0 Å². The first-order chi connectivity index (χ1) is 15.5. The number of hydrogen-bond acceptors (Lipinski definition) is 6. The molecule has 0 saturated carbocycles. The van der Waals surface area contributed by atoms with Gasteiger partial charge in [0.15, 0.2) is 0 Å². The molecule has 9 heteroatoms. The van der Waals surface area contributed by atoms with Gasteiger partial charge in [-0.05, 0) is 63.0 Å². The van der Waals surface area contributed by atoms with Crippen LogP contribution >= 0.6 is 0 Å². The highest BCUT2D eigenvalue weighted by atomic mass is 32.2. The van der Waals surface area contributed by atoms with Crippen molar-refractivity contribution in [3.05, 3.63) is 29.8 Å². The fourth-order valence-electron chi connectivity index (χ4n) is 4.33. The van der Waals surface area contributed by atoms with Gasteiger partial charge in [0.05, 0.1) is 12.9 Å². The highest BCUT2D eigenvalue weighted by Crippen LogP contribution is 2.14. The zero-order chi connectivity index (χ0) is 22.8. The van der Waals surface area contributed by atoms with Gasteiger partial charge < -0.3 is 19.9 Å². The zero-order valence-corrected chi connectivity index (χ0v) is 20.1.